The summed E-state index contributed by atoms with van der Waals surface area (Å²) in [7, 11) is 0. The number of nitrogens with zero attached hydrogens (tertiary/aromatic N) is 4. The predicted molar refractivity (Wildman–Crippen MR) is 119 cm³/mol. The lowest BCUT2D eigenvalue weighted by Gasteiger charge is -2.24. The molecule has 0 unspecified atom stereocenters. The second-order valence-electron chi connectivity index (χ2n) is 7.67. The molecule has 31 heavy (non-hydrogen) atoms. The molecule has 1 fully saturated rings. The molecule has 0 radical (unpaired) electrons. The van der Waals surface area contributed by atoms with Gasteiger partial charge in [0.05, 0.1) is 33.9 Å². The van der Waals surface area contributed by atoms with Crippen molar-refractivity contribution in [1.29, 1.82) is 5.26 Å². The minimum absolute atomic E-state index is 0.0545. The Morgan fingerprint density at radius 2 is 2.03 bits per heavy atom. The van der Waals surface area contributed by atoms with E-state index in [-0.39, 0.29) is 6.04 Å². The SMILES string of the molecule is N#Cc1ccc2[nH]c(-c3cncc(-c4cc(F)cc(Cl)c4)c3N3CC[C@H](N)C3)nc2c1. The molecular weight excluding hydrogens is 415 g/mol. The second kappa shape index (κ2) is 7.65. The summed E-state index contributed by atoms with van der Waals surface area (Å²) in [6, 6.07) is 12.0. The summed E-state index contributed by atoms with van der Waals surface area (Å²) in [6.45, 7) is 1.44. The monoisotopic (exact) mass is 432 g/mol. The van der Waals surface area contributed by atoms with Crippen molar-refractivity contribution in [1.82, 2.24) is 15.0 Å². The Labute approximate surface area is 183 Å². The van der Waals surface area contributed by atoms with E-state index in [2.05, 4.69) is 20.9 Å². The smallest absolute Gasteiger partial charge is 0.142 e. The number of imidazole rings is 1. The van der Waals surface area contributed by atoms with Gasteiger partial charge in [-0.25, -0.2) is 9.37 Å². The van der Waals surface area contributed by atoms with Crippen LogP contribution in [0, 0.1) is 17.1 Å². The molecule has 0 amide bonds. The largest absolute Gasteiger partial charge is 0.369 e. The maximum Gasteiger partial charge on any atom is 0.142 e. The van der Waals surface area contributed by atoms with E-state index in [1.807, 2.05) is 6.07 Å². The summed E-state index contributed by atoms with van der Waals surface area (Å²) >= 11 is 6.14. The quantitative estimate of drug-likeness (QED) is 0.497. The Morgan fingerprint density at radius 3 is 2.77 bits per heavy atom. The zero-order valence-electron chi connectivity index (χ0n) is 16.4. The number of anilines is 1. The summed E-state index contributed by atoms with van der Waals surface area (Å²) in [5.74, 6) is 0.210. The first-order valence-corrected chi connectivity index (χ1v) is 10.2. The van der Waals surface area contributed by atoms with Gasteiger partial charge in [0.15, 0.2) is 0 Å². The lowest BCUT2D eigenvalue weighted by atomic mass is 10.0. The highest BCUT2D eigenvalue weighted by Crippen LogP contribution is 2.40. The molecule has 6 nitrogen and oxygen atoms in total. The van der Waals surface area contributed by atoms with Crippen molar-refractivity contribution in [2.45, 2.75) is 12.5 Å². The molecule has 1 aliphatic rings. The van der Waals surface area contributed by atoms with Crippen molar-refractivity contribution in [2.24, 2.45) is 5.73 Å². The molecule has 1 atom stereocenters. The fraction of sp³-hybridized carbons (Fsp3) is 0.174. The molecule has 3 heterocycles. The Morgan fingerprint density at radius 1 is 1.19 bits per heavy atom. The zero-order chi connectivity index (χ0) is 21.5. The number of H-pyrrole nitrogens is 1. The van der Waals surface area contributed by atoms with E-state index >= 15 is 0 Å². The Hall–Kier alpha value is -3.47. The van der Waals surface area contributed by atoms with Crippen LogP contribution in [-0.4, -0.2) is 34.1 Å². The van der Waals surface area contributed by atoms with Gasteiger partial charge in [-0.15, -0.1) is 0 Å². The fourth-order valence-corrected chi connectivity index (χ4v) is 4.30. The number of nitrogens with one attached hydrogen (secondary N) is 1. The van der Waals surface area contributed by atoms with Gasteiger partial charge in [-0.2, -0.15) is 5.26 Å². The predicted octanol–water partition coefficient (Wildman–Crippen LogP) is 4.49. The maximum absolute atomic E-state index is 14.1. The number of rotatable bonds is 3. The highest BCUT2D eigenvalue weighted by molar-refractivity contribution is 6.30. The van der Waals surface area contributed by atoms with Crippen LogP contribution >= 0.6 is 11.6 Å². The van der Waals surface area contributed by atoms with Gasteiger partial charge in [0.25, 0.3) is 0 Å². The van der Waals surface area contributed by atoms with Crippen LogP contribution in [0.5, 0.6) is 0 Å². The summed E-state index contributed by atoms with van der Waals surface area (Å²) in [5.41, 5.74) is 11.3. The van der Waals surface area contributed by atoms with Gasteiger partial charge >= 0.3 is 0 Å². The van der Waals surface area contributed by atoms with Gasteiger partial charge in [-0.3, -0.25) is 4.98 Å². The van der Waals surface area contributed by atoms with E-state index in [0.29, 0.717) is 34.0 Å². The molecule has 0 bridgehead atoms. The van der Waals surface area contributed by atoms with Crippen LogP contribution in [0.3, 0.4) is 0 Å². The Kier molecular flexibility index (Phi) is 4.81. The van der Waals surface area contributed by atoms with Gasteiger partial charge in [0.1, 0.15) is 11.6 Å². The molecule has 3 N–H and O–H groups in total. The van der Waals surface area contributed by atoms with E-state index in [9.17, 15) is 9.65 Å². The zero-order valence-corrected chi connectivity index (χ0v) is 17.2. The van der Waals surface area contributed by atoms with Crippen LogP contribution in [0.2, 0.25) is 5.02 Å². The van der Waals surface area contributed by atoms with Crippen LogP contribution < -0.4 is 10.6 Å². The van der Waals surface area contributed by atoms with Crippen molar-refractivity contribution in [3.05, 3.63) is 65.2 Å². The lowest BCUT2D eigenvalue weighted by Crippen LogP contribution is -2.27. The molecule has 2 aromatic heterocycles. The van der Waals surface area contributed by atoms with Gasteiger partial charge in [0, 0.05) is 42.1 Å². The number of nitrogens with two attached hydrogens (primary N) is 1. The molecule has 2 aromatic carbocycles. The topological polar surface area (TPSA) is 94.6 Å². The second-order valence-corrected chi connectivity index (χ2v) is 8.10. The highest BCUT2D eigenvalue weighted by Gasteiger charge is 2.26. The third-order valence-electron chi connectivity index (χ3n) is 5.50. The van der Waals surface area contributed by atoms with Crippen molar-refractivity contribution in [3.63, 3.8) is 0 Å². The van der Waals surface area contributed by atoms with E-state index in [4.69, 9.17) is 22.3 Å². The summed E-state index contributed by atoms with van der Waals surface area (Å²) in [4.78, 5) is 14.6. The first-order valence-electron chi connectivity index (χ1n) is 9.87. The number of aromatic nitrogens is 3. The average Bonchev–Trinajstić information content (AvgIpc) is 3.37. The van der Waals surface area contributed by atoms with Crippen molar-refractivity contribution in [3.8, 4) is 28.6 Å². The molecule has 1 aliphatic heterocycles. The summed E-state index contributed by atoms with van der Waals surface area (Å²) < 4.78 is 14.1. The molecule has 4 aromatic rings. The number of aromatic amines is 1. The lowest BCUT2D eigenvalue weighted by molar-refractivity contribution is 0.628. The Balaban J connectivity index is 1.73. The van der Waals surface area contributed by atoms with Gasteiger partial charge in [0.2, 0.25) is 0 Å². The first-order chi connectivity index (χ1) is 15.0. The molecule has 0 aliphatic carbocycles. The average molecular weight is 433 g/mol. The summed E-state index contributed by atoms with van der Waals surface area (Å²) in [6.07, 6.45) is 4.31. The van der Waals surface area contributed by atoms with E-state index in [0.717, 1.165) is 35.3 Å². The fourth-order valence-electron chi connectivity index (χ4n) is 4.08. The maximum atomic E-state index is 14.1. The number of halogens is 2. The number of fused-ring (bicyclic) bond motifs is 1. The number of pyridine rings is 1. The normalized spacial score (nSPS) is 16.1. The van der Waals surface area contributed by atoms with Gasteiger partial charge < -0.3 is 15.6 Å². The highest BCUT2D eigenvalue weighted by atomic mass is 35.5. The van der Waals surface area contributed by atoms with Crippen LogP contribution in [0.4, 0.5) is 10.1 Å². The number of hydrogen-bond acceptors (Lipinski definition) is 5. The molecule has 0 spiro atoms. The number of benzene rings is 2. The van der Waals surface area contributed by atoms with Crippen LogP contribution in [0.25, 0.3) is 33.5 Å². The van der Waals surface area contributed by atoms with E-state index in [1.54, 1.807) is 30.6 Å². The third kappa shape index (κ3) is 3.61. The third-order valence-corrected chi connectivity index (χ3v) is 5.72. The van der Waals surface area contributed by atoms with Gasteiger partial charge in [-0.05, 0) is 48.4 Å². The molecule has 154 valence electrons. The number of nitriles is 1. The minimum atomic E-state index is -0.412. The number of hydrogen-bond donors (Lipinski definition) is 2. The van der Waals surface area contributed by atoms with Crippen LogP contribution in [0.1, 0.15) is 12.0 Å². The van der Waals surface area contributed by atoms with E-state index in [1.165, 1.54) is 12.1 Å². The van der Waals surface area contributed by atoms with Gasteiger partial charge in [-0.1, -0.05) is 11.6 Å². The minimum Gasteiger partial charge on any atom is -0.369 e. The van der Waals surface area contributed by atoms with Crippen molar-refractivity contribution < 1.29 is 4.39 Å². The van der Waals surface area contributed by atoms with E-state index < -0.39 is 5.82 Å². The van der Waals surface area contributed by atoms with Crippen molar-refractivity contribution >= 4 is 28.3 Å². The van der Waals surface area contributed by atoms with Crippen molar-refractivity contribution in [2.75, 3.05) is 18.0 Å². The standard InChI is InChI=1S/C23H18ClFN6/c24-15-6-14(7-16(25)8-15)18-10-28-11-19(22(18)31-4-3-17(27)12-31)23-29-20-2-1-13(9-26)5-21(20)30-23/h1-2,5-8,10-11,17H,3-4,12,27H2,(H,29,30)/t17-/m0/s1. The molecule has 8 heteroatoms. The molecule has 0 saturated carbocycles. The molecule has 1 saturated heterocycles. The molecule has 5 rings (SSSR count). The summed E-state index contributed by atoms with van der Waals surface area (Å²) in [5, 5.41) is 9.50. The molecular formula is C23H18ClFN6. The Bertz CT molecular complexity index is 1320. The van der Waals surface area contributed by atoms with Crippen LogP contribution in [0.15, 0.2) is 48.8 Å². The van der Waals surface area contributed by atoms with Crippen LogP contribution in [-0.2, 0) is 0 Å². The first kappa shape index (κ1) is 19.5.